The minimum absolute atomic E-state index is 0.269. The molecule has 0 saturated carbocycles. The van der Waals surface area contributed by atoms with Crippen LogP contribution in [0.4, 0.5) is 0 Å². The van der Waals surface area contributed by atoms with Crippen LogP contribution < -0.4 is 0 Å². The topological polar surface area (TPSA) is 76.0 Å². The summed E-state index contributed by atoms with van der Waals surface area (Å²) >= 11 is 0. The van der Waals surface area contributed by atoms with Gasteiger partial charge in [-0.25, -0.2) is 9.78 Å². The minimum atomic E-state index is -0.937. The fourth-order valence-electron chi connectivity index (χ4n) is 3.10. The smallest absolute Gasteiger partial charge is 0.335 e. The van der Waals surface area contributed by atoms with E-state index in [4.69, 9.17) is 4.98 Å². The largest absolute Gasteiger partial charge is 0.478 e. The molecule has 136 valence electrons. The van der Waals surface area contributed by atoms with E-state index in [0.29, 0.717) is 0 Å². The van der Waals surface area contributed by atoms with Crippen molar-refractivity contribution in [1.82, 2.24) is 15.0 Å². The maximum absolute atomic E-state index is 11.3. The Morgan fingerprint density at radius 2 is 1.39 bits per heavy atom. The number of aryl methyl sites for hydroxylation is 1. The van der Waals surface area contributed by atoms with Gasteiger partial charge in [-0.15, -0.1) is 0 Å². The summed E-state index contributed by atoms with van der Waals surface area (Å²) in [5.41, 5.74) is 6.03. The lowest BCUT2D eigenvalue weighted by atomic mass is 9.97. The number of nitrogens with zero attached hydrogens (tertiary/aromatic N) is 3. The van der Waals surface area contributed by atoms with Gasteiger partial charge < -0.3 is 5.11 Å². The maximum Gasteiger partial charge on any atom is 0.335 e. The van der Waals surface area contributed by atoms with Crippen molar-refractivity contribution in [3.8, 4) is 33.9 Å². The van der Waals surface area contributed by atoms with Crippen LogP contribution in [0.5, 0.6) is 0 Å². The summed E-state index contributed by atoms with van der Waals surface area (Å²) in [7, 11) is 0. The molecule has 3 heterocycles. The van der Waals surface area contributed by atoms with Crippen molar-refractivity contribution < 1.29 is 9.90 Å². The summed E-state index contributed by atoms with van der Waals surface area (Å²) in [6.07, 6.45) is 3.47. The molecule has 4 rings (SSSR count). The summed E-state index contributed by atoms with van der Waals surface area (Å²) in [5, 5.41) is 9.23. The molecule has 3 aromatic heterocycles. The molecule has 0 aliphatic heterocycles. The molecule has 4 aromatic rings. The van der Waals surface area contributed by atoms with E-state index >= 15 is 0 Å². The molecule has 5 heteroatoms. The second-order valence-corrected chi connectivity index (χ2v) is 6.39. The Morgan fingerprint density at radius 3 is 1.86 bits per heavy atom. The van der Waals surface area contributed by atoms with Crippen LogP contribution in [-0.4, -0.2) is 26.0 Å². The Balaban J connectivity index is 1.91. The fourth-order valence-corrected chi connectivity index (χ4v) is 3.10. The predicted molar refractivity (Wildman–Crippen MR) is 108 cm³/mol. The van der Waals surface area contributed by atoms with Gasteiger partial charge in [0.1, 0.15) is 0 Å². The van der Waals surface area contributed by atoms with Crippen LogP contribution in [-0.2, 0) is 0 Å². The molecule has 0 atom stereocenters. The summed E-state index contributed by atoms with van der Waals surface area (Å²) in [6, 6.07) is 20.5. The van der Waals surface area contributed by atoms with Crippen LogP contribution in [0.15, 0.2) is 79.1 Å². The van der Waals surface area contributed by atoms with E-state index in [0.717, 1.165) is 39.5 Å². The molecule has 0 fully saturated rings. The Morgan fingerprint density at radius 1 is 0.786 bits per heavy atom. The van der Waals surface area contributed by atoms with Crippen LogP contribution in [0.3, 0.4) is 0 Å². The number of rotatable bonds is 4. The lowest BCUT2D eigenvalue weighted by Gasteiger charge is -2.11. The number of carbonyl (C=O) groups is 1. The summed E-state index contributed by atoms with van der Waals surface area (Å²) in [5.74, 6) is -0.937. The maximum atomic E-state index is 11.3. The molecule has 1 N–H and O–H groups in total. The van der Waals surface area contributed by atoms with Crippen LogP contribution >= 0.6 is 0 Å². The van der Waals surface area contributed by atoms with E-state index < -0.39 is 5.97 Å². The fraction of sp³-hybridized carbons (Fsp3) is 0.0435. The number of hydrogen-bond donors (Lipinski definition) is 1. The Bertz CT molecular complexity index is 1090. The van der Waals surface area contributed by atoms with Crippen molar-refractivity contribution in [3.63, 3.8) is 0 Å². The zero-order valence-electron chi connectivity index (χ0n) is 15.2. The lowest BCUT2D eigenvalue weighted by molar-refractivity contribution is 0.0697. The molecule has 1 aromatic carbocycles. The molecular formula is C23H17N3O2. The first-order chi connectivity index (χ1) is 13.6. The second-order valence-electron chi connectivity index (χ2n) is 6.39. The third-order valence-electron chi connectivity index (χ3n) is 4.46. The number of carboxylic acid groups (broad SMARTS) is 1. The van der Waals surface area contributed by atoms with Crippen molar-refractivity contribution in [1.29, 1.82) is 0 Å². The first-order valence-electron chi connectivity index (χ1n) is 8.81. The van der Waals surface area contributed by atoms with Gasteiger partial charge in [0, 0.05) is 12.4 Å². The number of pyridine rings is 3. The highest BCUT2D eigenvalue weighted by Gasteiger charge is 2.13. The zero-order valence-corrected chi connectivity index (χ0v) is 15.2. The molecule has 5 nitrogen and oxygen atoms in total. The third kappa shape index (κ3) is 3.50. The number of aromatic nitrogens is 3. The zero-order chi connectivity index (χ0) is 19.5. The normalized spacial score (nSPS) is 10.6. The van der Waals surface area contributed by atoms with E-state index in [1.165, 1.54) is 0 Å². The molecule has 0 unspecified atom stereocenters. The summed E-state index contributed by atoms with van der Waals surface area (Å²) in [4.78, 5) is 24.8. The average Bonchev–Trinajstić information content (AvgIpc) is 2.74. The van der Waals surface area contributed by atoms with Crippen LogP contribution in [0, 0.1) is 6.92 Å². The Labute approximate surface area is 162 Å². The summed E-state index contributed by atoms with van der Waals surface area (Å²) in [6.45, 7) is 1.91. The van der Waals surface area contributed by atoms with E-state index in [1.54, 1.807) is 24.5 Å². The standard InChI is InChI=1S/C23H17N3O2/c1-15-12-16(23(27)28)8-9-18(15)17-13-21(19-6-2-4-10-24-19)26-22(14-17)20-7-3-5-11-25-20/h2-14H,1H3,(H,27,28). The van der Waals surface area contributed by atoms with Gasteiger partial charge in [-0.2, -0.15) is 0 Å². The first-order valence-corrected chi connectivity index (χ1v) is 8.81. The molecule has 0 saturated heterocycles. The molecule has 28 heavy (non-hydrogen) atoms. The van der Waals surface area contributed by atoms with Crippen molar-refractivity contribution in [2.24, 2.45) is 0 Å². The van der Waals surface area contributed by atoms with Gasteiger partial charge in [0.05, 0.1) is 28.3 Å². The van der Waals surface area contributed by atoms with Gasteiger partial charge in [0.15, 0.2) is 0 Å². The number of carboxylic acids is 1. The Kier molecular flexibility index (Phi) is 4.64. The van der Waals surface area contributed by atoms with Gasteiger partial charge >= 0.3 is 5.97 Å². The lowest BCUT2D eigenvalue weighted by Crippen LogP contribution is -1.98. The van der Waals surface area contributed by atoms with E-state index in [1.807, 2.05) is 61.5 Å². The SMILES string of the molecule is Cc1cc(C(=O)O)ccc1-c1cc(-c2ccccn2)nc(-c2ccccn2)c1. The van der Waals surface area contributed by atoms with Crippen LogP contribution in [0.2, 0.25) is 0 Å². The van der Waals surface area contributed by atoms with E-state index in [-0.39, 0.29) is 5.56 Å². The molecule has 0 aliphatic carbocycles. The molecule has 0 amide bonds. The van der Waals surface area contributed by atoms with Crippen molar-refractivity contribution >= 4 is 5.97 Å². The molecule has 0 bridgehead atoms. The minimum Gasteiger partial charge on any atom is -0.478 e. The van der Waals surface area contributed by atoms with Crippen molar-refractivity contribution in [3.05, 3.63) is 90.3 Å². The van der Waals surface area contributed by atoms with Crippen LogP contribution in [0.1, 0.15) is 15.9 Å². The van der Waals surface area contributed by atoms with Gasteiger partial charge in [-0.1, -0.05) is 18.2 Å². The predicted octanol–water partition coefficient (Wildman–Crippen LogP) is 4.88. The number of benzene rings is 1. The average molecular weight is 367 g/mol. The quantitative estimate of drug-likeness (QED) is 0.556. The first kappa shape index (κ1) is 17.5. The van der Waals surface area contributed by atoms with Gasteiger partial charge in [0.25, 0.3) is 0 Å². The van der Waals surface area contributed by atoms with Crippen molar-refractivity contribution in [2.75, 3.05) is 0 Å². The second kappa shape index (κ2) is 7.40. The van der Waals surface area contributed by atoms with Crippen molar-refractivity contribution in [2.45, 2.75) is 6.92 Å². The molecule has 0 aliphatic rings. The molecule has 0 spiro atoms. The summed E-state index contributed by atoms with van der Waals surface area (Å²) < 4.78 is 0. The van der Waals surface area contributed by atoms with Crippen LogP contribution in [0.25, 0.3) is 33.9 Å². The van der Waals surface area contributed by atoms with Gasteiger partial charge in [-0.3, -0.25) is 9.97 Å². The van der Waals surface area contributed by atoms with E-state index in [2.05, 4.69) is 9.97 Å². The molecular weight excluding hydrogens is 350 g/mol. The van der Waals surface area contributed by atoms with Gasteiger partial charge in [0.2, 0.25) is 0 Å². The highest BCUT2D eigenvalue weighted by molar-refractivity contribution is 5.89. The van der Waals surface area contributed by atoms with Gasteiger partial charge in [-0.05, 0) is 72.1 Å². The number of hydrogen-bond acceptors (Lipinski definition) is 4. The highest BCUT2D eigenvalue weighted by Crippen LogP contribution is 2.31. The molecule has 0 radical (unpaired) electrons. The Hall–Kier alpha value is -3.86. The third-order valence-corrected chi connectivity index (χ3v) is 4.46. The highest BCUT2D eigenvalue weighted by atomic mass is 16.4. The van der Waals surface area contributed by atoms with E-state index in [9.17, 15) is 9.90 Å². The number of aromatic carboxylic acids is 1. The monoisotopic (exact) mass is 367 g/mol.